The van der Waals surface area contributed by atoms with Gasteiger partial charge in [0.25, 0.3) is 5.91 Å². The lowest BCUT2D eigenvalue weighted by Gasteiger charge is -2.32. The third kappa shape index (κ3) is 2.82. The van der Waals surface area contributed by atoms with Crippen molar-refractivity contribution in [1.82, 2.24) is 0 Å². The number of hydrogen-bond donors (Lipinski definition) is 1. The molecule has 5 heteroatoms. The lowest BCUT2D eigenvalue weighted by atomic mass is 10.0. The second kappa shape index (κ2) is 5.83. The van der Waals surface area contributed by atoms with Gasteiger partial charge in [-0.15, -0.1) is 0 Å². The summed E-state index contributed by atoms with van der Waals surface area (Å²) in [5.41, 5.74) is 9.23. The van der Waals surface area contributed by atoms with E-state index in [1.165, 1.54) is 0 Å². The molecule has 1 aliphatic rings. The molecule has 0 saturated heterocycles. The van der Waals surface area contributed by atoms with Crippen molar-refractivity contribution >= 4 is 17.3 Å². The van der Waals surface area contributed by atoms with E-state index in [1.807, 2.05) is 25.1 Å². The van der Waals surface area contributed by atoms with Crippen LogP contribution in [0.4, 0.5) is 11.4 Å². The van der Waals surface area contributed by atoms with E-state index >= 15 is 0 Å². The topological polar surface area (TPSA) is 64.8 Å². The number of nitrogens with zero attached hydrogens (tertiary/aromatic N) is 1. The van der Waals surface area contributed by atoms with Crippen LogP contribution in [0.25, 0.3) is 0 Å². The zero-order valence-corrected chi connectivity index (χ0v) is 13.5. The maximum Gasteiger partial charge on any atom is 0.268 e. The average Bonchev–Trinajstić information content (AvgIpc) is 2.52. The minimum absolute atomic E-state index is 0.0779. The van der Waals surface area contributed by atoms with Gasteiger partial charge in [-0.25, -0.2) is 0 Å². The summed E-state index contributed by atoms with van der Waals surface area (Å²) in [6.07, 6.45) is -0.146. The van der Waals surface area contributed by atoms with Gasteiger partial charge in [0, 0.05) is 25.2 Å². The highest BCUT2D eigenvalue weighted by atomic mass is 16.5. The standard InChI is InChI=1S/C18H20N2O3/c1-11-4-7-15(22-3)12(8-11)9-17-18(21)20(2)14-6-5-13(19)10-16(14)23-17/h4-8,10,17H,9,19H2,1-3H3. The Morgan fingerprint density at radius 1 is 1.26 bits per heavy atom. The van der Waals surface area contributed by atoms with Crippen LogP contribution >= 0.6 is 0 Å². The van der Waals surface area contributed by atoms with Gasteiger partial charge in [-0.2, -0.15) is 0 Å². The Kier molecular flexibility index (Phi) is 3.86. The van der Waals surface area contributed by atoms with Gasteiger partial charge < -0.3 is 20.1 Å². The van der Waals surface area contributed by atoms with Crippen molar-refractivity contribution in [2.45, 2.75) is 19.4 Å². The summed E-state index contributed by atoms with van der Waals surface area (Å²) in [4.78, 5) is 14.2. The first kappa shape index (κ1) is 15.2. The normalized spacial score (nSPS) is 16.7. The molecule has 0 aliphatic carbocycles. The van der Waals surface area contributed by atoms with Crippen LogP contribution in [-0.2, 0) is 11.2 Å². The molecule has 2 aromatic rings. The molecule has 0 fully saturated rings. The summed E-state index contributed by atoms with van der Waals surface area (Å²) < 4.78 is 11.3. The van der Waals surface area contributed by atoms with E-state index < -0.39 is 6.10 Å². The summed E-state index contributed by atoms with van der Waals surface area (Å²) in [7, 11) is 3.38. The van der Waals surface area contributed by atoms with Gasteiger partial charge in [-0.05, 0) is 30.7 Å². The van der Waals surface area contributed by atoms with Crippen molar-refractivity contribution < 1.29 is 14.3 Å². The first-order valence-electron chi connectivity index (χ1n) is 7.47. The van der Waals surface area contributed by atoms with E-state index in [0.717, 1.165) is 22.6 Å². The Labute approximate surface area is 135 Å². The predicted molar refractivity (Wildman–Crippen MR) is 90.1 cm³/mol. The van der Waals surface area contributed by atoms with Crippen molar-refractivity contribution in [3.8, 4) is 11.5 Å². The molecule has 0 spiro atoms. The summed E-state index contributed by atoms with van der Waals surface area (Å²) in [6.45, 7) is 2.01. The van der Waals surface area contributed by atoms with Crippen molar-refractivity contribution in [3.05, 3.63) is 47.5 Å². The lowest BCUT2D eigenvalue weighted by Crippen LogP contribution is -2.45. The first-order chi connectivity index (χ1) is 11.0. The van der Waals surface area contributed by atoms with Crippen LogP contribution in [-0.4, -0.2) is 26.2 Å². The molecular weight excluding hydrogens is 292 g/mol. The van der Waals surface area contributed by atoms with Gasteiger partial charge in [0.15, 0.2) is 6.10 Å². The molecule has 3 rings (SSSR count). The molecule has 0 bridgehead atoms. The number of nitrogen functional groups attached to an aromatic ring is 1. The monoisotopic (exact) mass is 312 g/mol. The molecular formula is C18H20N2O3. The predicted octanol–water partition coefficient (Wildman–Crippen LogP) is 2.55. The number of methoxy groups -OCH3 is 1. The van der Waals surface area contributed by atoms with Gasteiger partial charge in [0.1, 0.15) is 11.5 Å². The fraction of sp³-hybridized carbons (Fsp3) is 0.278. The number of likely N-dealkylation sites (N-methyl/N-ethyl adjacent to an activating group) is 1. The van der Waals surface area contributed by atoms with Gasteiger partial charge in [0.2, 0.25) is 0 Å². The summed E-state index contributed by atoms with van der Waals surface area (Å²) in [5, 5.41) is 0. The maximum atomic E-state index is 12.6. The number of carbonyl (C=O) groups excluding carboxylic acids is 1. The molecule has 1 unspecified atom stereocenters. The number of amides is 1. The molecule has 23 heavy (non-hydrogen) atoms. The molecule has 1 amide bonds. The van der Waals surface area contributed by atoms with Crippen molar-refractivity contribution in [2.75, 3.05) is 24.8 Å². The number of anilines is 2. The quantitative estimate of drug-likeness (QED) is 0.885. The van der Waals surface area contributed by atoms with E-state index in [0.29, 0.717) is 17.9 Å². The van der Waals surface area contributed by atoms with E-state index in [2.05, 4.69) is 0 Å². The molecule has 5 nitrogen and oxygen atoms in total. The average molecular weight is 312 g/mol. The van der Waals surface area contributed by atoms with Crippen LogP contribution < -0.4 is 20.1 Å². The number of nitrogens with two attached hydrogens (primary N) is 1. The number of carbonyl (C=O) groups is 1. The maximum absolute atomic E-state index is 12.6. The fourth-order valence-electron chi connectivity index (χ4n) is 2.84. The van der Waals surface area contributed by atoms with Gasteiger partial charge in [-0.1, -0.05) is 17.7 Å². The smallest absolute Gasteiger partial charge is 0.268 e. The van der Waals surface area contributed by atoms with Crippen LogP contribution in [0.15, 0.2) is 36.4 Å². The highest BCUT2D eigenvalue weighted by Crippen LogP contribution is 2.36. The molecule has 1 heterocycles. The van der Waals surface area contributed by atoms with Crippen LogP contribution in [0.5, 0.6) is 11.5 Å². The number of fused-ring (bicyclic) bond motifs is 1. The summed E-state index contributed by atoms with van der Waals surface area (Å²) in [6, 6.07) is 11.2. The number of benzene rings is 2. The highest BCUT2D eigenvalue weighted by molar-refractivity contribution is 6.00. The molecule has 1 aliphatic heterocycles. The number of ether oxygens (including phenoxy) is 2. The molecule has 0 saturated carbocycles. The van der Waals surface area contributed by atoms with Crippen molar-refractivity contribution in [1.29, 1.82) is 0 Å². The van der Waals surface area contributed by atoms with Crippen LogP contribution in [0.2, 0.25) is 0 Å². The second-order valence-corrected chi connectivity index (χ2v) is 5.75. The molecule has 0 aromatic heterocycles. The second-order valence-electron chi connectivity index (χ2n) is 5.75. The third-order valence-electron chi connectivity index (χ3n) is 4.06. The summed E-state index contributed by atoms with van der Waals surface area (Å²) >= 11 is 0. The minimum atomic E-state index is -0.593. The van der Waals surface area contributed by atoms with Crippen LogP contribution in [0.3, 0.4) is 0 Å². The molecule has 0 radical (unpaired) electrons. The minimum Gasteiger partial charge on any atom is -0.496 e. The third-order valence-corrected chi connectivity index (χ3v) is 4.06. The van der Waals surface area contributed by atoms with E-state index in [-0.39, 0.29) is 5.91 Å². The lowest BCUT2D eigenvalue weighted by molar-refractivity contribution is -0.125. The first-order valence-corrected chi connectivity index (χ1v) is 7.47. The highest BCUT2D eigenvalue weighted by Gasteiger charge is 2.33. The van der Waals surface area contributed by atoms with Crippen LogP contribution in [0.1, 0.15) is 11.1 Å². The summed E-state index contributed by atoms with van der Waals surface area (Å²) in [5.74, 6) is 1.31. The van der Waals surface area contributed by atoms with Gasteiger partial charge in [0.05, 0.1) is 12.8 Å². The molecule has 2 N–H and O–H groups in total. The van der Waals surface area contributed by atoms with Crippen LogP contribution in [0, 0.1) is 6.92 Å². The Morgan fingerprint density at radius 2 is 2.04 bits per heavy atom. The Hall–Kier alpha value is -2.69. The van der Waals surface area contributed by atoms with Gasteiger partial charge >= 0.3 is 0 Å². The largest absolute Gasteiger partial charge is 0.496 e. The number of rotatable bonds is 3. The SMILES string of the molecule is COc1ccc(C)cc1CC1Oc2cc(N)ccc2N(C)C1=O. The molecule has 2 aromatic carbocycles. The van der Waals surface area contributed by atoms with E-state index in [1.54, 1.807) is 37.3 Å². The molecule has 120 valence electrons. The zero-order chi connectivity index (χ0) is 16.6. The zero-order valence-electron chi connectivity index (χ0n) is 13.5. The fourth-order valence-corrected chi connectivity index (χ4v) is 2.84. The van der Waals surface area contributed by atoms with Crippen molar-refractivity contribution in [3.63, 3.8) is 0 Å². The molecule has 1 atom stereocenters. The van der Waals surface area contributed by atoms with Gasteiger partial charge in [-0.3, -0.25) is 4.79 Å². The van der Waals surface area contributed by atoms with E-state index in [4.69, 9.17) is 15.2 Å². The Bertz CT molecular complexity index is 758. The Morgan fingerprint density at radius 3 is 2.78 bits per heavy atom. The number of hydrogen-bond acceptors (Lipinski definition) is 4. The van der Waals surface area contributed by atoms with E-state index in [9.17, 15) is 4.79 Å². The number of aryl methyl sites for hydroxylation is 1. The Balaban J connectivity index is 1.92. The van der Waals surface area contributed by atoms with Crippen molar-refractivity contribution in [2.24, 2.45) is 0 Å².